The number of nitrogens with one attached hydrogen (secondary N) is 2. The third kappa shape index (κ3) is 5.98. The summed E-state index contributed by atoms with van der Waals surface area (Å²) in [5.41, 5.74) is 1.23. The topological polar surface area (TPSA) is 58.1 Å². The van der Waals surface area contributed by atoms with Crippen molar-refractivity contribution in [2.24, 2.45) is 4.99 Å². The average molecular weight is 320 g/mol. The second-order valence-corrected chi connectivity index (χ2v) is 5.78. The van der Waals surface area contributed by atoms with Gasteiger partial charge in [-0.15, -0.1) is 0 Å². The molecule has 0 bridgehead atoms. The van der Waals surface area contributed by atoms with Crippen molar-refractivity contribution in [1.82, 2.24) is 15.5 Å². The highest BCUT2D eigenvalue weighted by atomic mass is 16.7. The van der Waals surface area contributed by atoms with Crippen LogP contribution < -0.4 is 20.1 Å². The Kier molecular flexibility index (Phi) is 7.00. The smallest absolute Gasteiger partial charge is 0.231 e. The lowest BCUT2D eigenvalue weighted by molar-refractivity contribution is 0.174. The van der Waals surface area contributed by atoms with E-state index in [0.29, 0.717) is 6.79 Å². The van der Waals surface area contributed by atoms with Gasteiger partial charge in [-0.3, -0.25) is 4.99 Å². The number of rotatable bonds is 8. The first-order valence-corrected chi connectivity index (χ1v) is 8.24. The summed E-state index contributed by atoms with van der Waals surface area (Å²) >= 11 is 0. The molecular weight excluding hydrogens is 292 g/mol. The van der Waals surface area contributed by atoms with E-state index >= 15 is 0 Å². The summed E-state index contributed by atoms with van der Waals surface area (Å²) in [6.07, 6.45) is 1.98. The summed E-state index contributed by atoms with van der Waals surface area (Å²) < 4.78 is 10.7. The number of fused-ring (bicyclic) bond motifs is 1. The fourth-order valence-corrected chi connectivity index (χ4v) is 2.34. The quantitative estimate of drug-likeness (QED) is 0.431. The molecule has 0 unspecified atom stereocenters. The van der Waals surface area contributed by atoms with E-state index in [4.69, 9.17) is 9.47 Å². The Balaban J connectivity index is 1.76. The van der Waals surface area contributed by atoms with Gasteiger partial charge in [0.05, 0.1) is 0 Å². The van der Waals surface area contributed by atoms with Gasteiger partial charge >= 0.3 is 0 Å². The Labute approximate surface area is 138 Å². The molecule has 1 aromatic rings. The van der Waals surface area contributed by atoms with Gasteiger partial charge in [0.15, 0.2) is 17.5 Å². The molecule has 128 valence electrons. The fraction of sp³-hybridized carbons (Fsp3) is 0.588. The minimum atomic E-state index is 0.321. The highest BCUT2D eigenvalue weighted by molar-refractivity contribution is 5.79. The van der Waals surface area contributed by atoms with Gasteiger partial charge in [0, 0.05) is 19.6 Å². The van der Waals surface area contributed by atoms with Crippen LogP contribution in [0.15, 0.2) is 23.2 Å². The molecule has 0 saturated carbocycles. The van der Waals surface area contributed by atoms with Crippen LogP contribution in [0, 0.1) is 0 Å². The molecule has 23 heavy (non-hydrogen) atoms. The molecule has 2 N–H and O–H groups in total. The van der Waals surface area contributed by atoms with Crippen molar-refractivity contribution < 1.29 is 9.47 Å². The van der Waals surface area contributed by atoms with Crippen molar-refractivity contribution in [3.05, 3.63) is 23.8 Å². The van der Waals surface area contributed by atoms with E-state index in [1.165, 1.54) is 5.56 Å². The van der Waals surface area contributed by atoms with E-state index in [1.807, 2.05) is 12.1 Å². The molecule has 0 aromatic heterocycles. The monoisotopic (exact) mass is 320 g/mol. The minimum absolute atomic E-state index is 0.321. The molecule has 0 fully saturated rings. The molecule has 6 heteroatoms. The zero-order valence-corrected chi connectivity index (χ0v) is 14.4. The Hall–Kier alpha value is -1.95. The van der Waals surface area contributed by atoms with Crippen molar-refractivity contribution in [2.75, 3.05) is 47.1 Å². The number of aliphatic imine (C=N–C) groups is 1. The van der Waals surface area contributed by atoms with Crippen molar-refractivity contribution >= 4 is 5.96 Å². The molecule has 0 radical (unpaired) electrons. The Morgan fingerprint density at radius 1 is 1.22 bits per heavy atom. The van der Waals surface area contributed by atoms with E-state index in [-0.39, 0.29) is 0 Å². The maximum Gasteiger partial charge on any atom is 0.231 e. The van der Waals surface area contributed by atoms with Crippen LogP contribution in [0.25, 0.3) is 0 Å². The second-order valence-electron chi connectivity index (χ2n) is 5.78. The van der Waals surface area contributed by atoms with Crippen LogP contribution in [0.2, 0.25) is 0 Å². The summed E-state index contributed by atoms with van der Waals surface area (Å²) in [6.45, 7) is 5.98. The second kappa shape index (κ2) is 9.25. The van der Waals surface area contributed by atoms with Gasteiger partial charge in [-0.1, -0.05) is 6.07 Å². The summed E-state index contributed by atoms with van der Waals surface area (Å²) in [5, 5.41) is 6.66. The average Bonchev–Trinajstić information content (AvgIpc) is 2.99. The zero-order valence-electron chi connectivity index (χ0n) is 14.4. The molecule has 1 aromatic carbocycles. The van der Waals surface area contributed by atoms with Gasteiger partial charge in [0.2, 0.25) is 6.79 Å². The molecule has 1 aliphatic rings. The van der Waals surface area contributed by atoms with Gasteiger partial charge in [0.1, 0.15) is 0 Å². The normalized spacial score (nSPS) is 13.5. The number of ether oxygens (including phenoxy) is 2. The highest BCUT2D eigenvalue weighted by Crippen LogP contribution is 2.32. The zero-order chi connectivity index (χ0) is 16.5. The standard InChI is InChI=1S/C17H28N4O2/c1-4-18-17(19-9-5-11-21(2)3)20-10-8-14-6-7-15-16(12-14)23-13-22-15/h6-7,12H,4-5,8-11,13H2,1-3H3,(H2,18,19,20). The van der Waals surface area contributed by atoms with Crippen LogP contribution >= 0.6 is 0 Å². The summed E-state index contributed by atoms with van der Waals surface area (Å²) in [7, 11) is 4.16. The molecule has 6 nitrogen and oxygen atoms in total. The molecule has 1 heterocycles. The van der Waals surface area contributed by atoms with Crippen molar-refractivity contribution in [1.29, 1.82) is 0 Å². The van der Waals surface area contributed by atoms with Crippen LogP contribution in [0.3, 0.4) is 0 Å². The predicted molar refractivity (Wildman–Crippen MR) is 93.4 cm³/mol. The van der Waals surface area contributed by atoms with Crippen molar-refractivity contribution in [3.8, 4) is 11.5 Å². The van der Waals surface area contributed by atoms with E-state index < -0.39 is 0 Å². The van der Waals surface area contributed by atoms with Crippen LogP contribution in [0.4, 0.5) is 0 Å². The third-order valence-corrected chi connectivity index (χ3v) is 3.52. The predicted octanol–water partition coefficient (Wildman–Crippen LogP) is 1.46. The third-order valence-electron chi connectivity index (χ3n) is 3.52. The molecule has 0 atom stereocenters. The van der Waals surface area contributed by atoms with Gasteiger partial charge in [0.25, 0.3) is 0 Å². The Bertz CT molecular complexity index is 517. The van der Waals surface area contributed by atoms with Gasteiger partial charge in [-0.05, 0) is 58.1 Å². The maximum absolute atomic E-state index is 5.41. The molecule has 2 rings (SSSR count). The number of benzene rings is 1. The molecule has 0 aliphatic carbocycles. The first-order valence-electron chi connectivity index (χ1n) is 8.24. The van der Waals surface area contributed by atoms with Crippen LogP contribution in [0.1, 0.15) is 18.9 Å². The molecule has 0 saturated heterocycles. The fourth-order valence-electron chi connectivity index (χ4n) is 2.34. The summed E-state index contributed by atoms with van der Waals surface area (Å²) in [4.78, 5) is 6.77. The summed E-state index contributed by atoms with van der Waals surface area (Å²) in [6, 6.07) is 6.10. The van der Waals surface area contributed by atoms with Gasteiger partial charge in [-0.25, -0.2) is 0 Å². The van der Waals surface area contributed by atoms with Crippen LogP contribution in [0.5, 0.6) is 11.5 Å². The van der Waals surface area contributed by atoms with E-state index in [0.717, 1.165) is 56.5 Å². The number of guanidine groups is 1. The first-order chi connectivity index (χ1) is 11.2. The number of hydrogen-bond donors (Lipinski definition) is 2. The van der Waals surface area contributed by atoms with Crippen LogP contribution in [-0.2, 0) is 6.42 Å². The Morgan fingerprint density at radius 2 is 2.04 bits per heavy atom. The first kappa shape index (κ1) is 17.4. The summed E-state index contributed by atoms with van der Waals surface area (Å²) in [5.74, 6) is 2.55. The lowest BCUT2D eigenvalue weighted by Crippen LogP contribution is -2.38. The van der Waals surface area contributed by atoms with E-state index in [2.05, 4.69) is 47.6 Å². The Morgan fingerprint density at radius 3 is 2.83 bits per heavy atom. The van der Waals surface area contributed by atoms with Crippen LogP contribution in [-0.4, -0.2) is 57.9 Å². The largest absolute Gasteiger partial charge is 0.454 e. The van der Waals surface area contributed by atoms with Crippen molar-refractivity contribution in [3.63, 3.8) is 0 Å². The SMILES string of the molecule is CCNC(=NCCCN(C)C)NCCc1ccc2c(c1)OCO2. The molecule has 1 aliphatic heterocycles. The minimum Gasteiger partial charge on any atom is -0.454 e. The number of nitrogens with zero attached hydrogens (tertiary/aromatic N) is 2. The maximum atomic E-state index is 5.41. The van der Waals surface area contributed by atoms with E-state index in [1.54, 1.807) is 0 Å². The lowest BCUT2D eigenvalue weighted by atomic mass is 10.1. The molecular formula is C17H28N4O2. The highest BCUT2D eigenvalue weighted by Gasteiger charge is 2.12. The van der Waals surface area contributed by atoms with Crippen molar-refractivity contribution in [2.45, 2.75) is 19.8 Å². The molecule has 0 spiro atoms. The molecule has 0 amide bonds. The number of hydrogen-bond acceptors (Lipinski definition) is 4. The van der Waals surface area contributed by atoms with Gasteiger partial charge in [-0.2, -0.15) is 0 Å². The van der Waals surface area contributed by atoms with E-state index in [9.17, 15) is 0 Å². The lowest BCUT2D eigenvalue weighted by Gasteiger charge is -2.12. The van der Waals surface area contributed by atoms with Gasteiger partial charge < -0.3 is 25.0 Å².